The van der Waals surface area contributed by atoms with Gasteiger partial charge in [0, 0.05) is 6.07 Å². The van der Waals surface area contributed by atoms with Crippen LogP contribution in [-0.2, 0) is 0 Å². The lowest BCUT2D eigenvalue weighted by Crippen LogP contribution is -1.91. The van der Waals surface area contributed by atoms with Crippen molar-refractivity contribution in [2.75, 3.05) is 5.73 Å². The van der Waals surface area contributed by atoms with Gasteiger partial charge in [-0.2, -0.15) is 5.26 Å². The Kier molecular flexibility index (Phi) is 2.93. The fraction of sp³-hybridized carbons (Fsp3) is 0. The molecular weight excluding hydrogens is 219 g/mol. The first-order chi connectivity index (χ1) is 8.19. The van der Waals surface area contributed by atoms with Gasteiger partial charge in [-0.15, -0.1) is 0 Å². The second-order valence-corrected chi connectivity index (χ2v) is 3.42. The highest BCUT2D eigenvalue weighted by Crippen LogP contribution is 2.24. The van der Waals surface area contributed by atoms with Crippen molar-refractivity contribution in [2.24, 2.45) is 0 Å². The van der Waals surface area contributed by atoms with Gasteiger partial charge < -0.3 is 10.5 Å². The largest absolute Gasteiger partial charge is 0.457 e. The molecule has 0 radical (unpaired) electrons. The minimum absolute atomic E-state index is 0.0807. The molecule has 0 heterocycles. The van der Waals surface area contributed by atoms with Gasteiger partial charge >= 0.3 is 0 Å². The Labute approximate surface area is 97.9 Å². The molecule has 0 fully saturated rings. The van der Waals surface area contributed by atoms with Crippen LogP contribution in [0.25, 0.3) is 0 Å². The first-order valence-corrected chi connectivity index (χ1v) is 4.92. The van der Waals surface area contributed by atoms with E-state index in [1.807, 2.05) is 6.07 Å². The maximum absolute atomic E-state index is 13.2. The zero-order valence-electron chi connectivity index (χ0n) is 8.85. The molecule has 0 aromatic heterocycles. The highest BCUT2D eigenvalue weighted by molar-refractivity contribution is 5.45. The van der Waals surface area contributed by atoms with Crippen LogP contribution in [0.5, 0.6) is 11.5 Å². The van der Waals surface area contributed by atoms with Crippen molar-refractivity contribution in [1.29, 1.82) is 5.26 Å². The van der Waals surface area contributed by atoms with Gasteiger partial charge in [-0.1, -0.05) is 0 Å². The molecular formula is C13H9FN2O. The lowest BCUT2D eigenvalue weighted by Gasteiger charge is -2.06. The Morgan fingerprint density at radius 2 is 1.71 bits per heavy atom. The van der Waals surface area contributed by atoms with E-state index < -0.39 is 5.82 Å². The second kappa shape index (κ2) is 4.54. The van der Waals surface area contributed by atoms with Crippen LogP contribution < -0.4 is 10.5 Å². The fourth-order valence-corrected chi connectivity index (χ4v) is 1.30. The number of halogens is 1. The van der Waals surface area contributed by atoms with Gasteiger partial charge in [0.05, 0.1) is 17.3 Å². The fourth-order valence-electron chi connectivity index (χ4n) is 1.30. The van der Waals surface area contributed by atoms with Crippen LogP contribution in [0, 0.1) is 17.1 Å². The van der Waals surface area contributed by atoms with Crippen LogP contribution in [0.2, 0.25) is 0 Å². The lowest BCUT2D eigenvalue weighted by atomic mass is 10.2. The predicted molar refractivity (Wildman–Crippen MR) is 62.0 cm³/mol. The summed E-state index contributed by atoms with van der Waals surface area (Å²) in [7, 11) is 0. The molecule has 2 rings (SSSR count). The van der Waals surface area contributed by atoms with Crippen molar-refractivity contribution >= 4 is 5.69 Å². The minimum Gasteiger partial charge on any atom is -0.457 e. The highest BCUT2D eigenvalue weighted by Gasteiger charge is 2.02. The number of nitrogen functional groups attached to an aromatic ring is 1. The van der Waals surface area contributed by atoms with Crippen LogP contribution in [0.4, 0.5) is 10.1 Å². The van der Waals surface area contributed by atoms with E-state index in [2.05, 4.69) is 0 Å². The van der Waals surface area contributed by atoms with E-state index in [0.29, 0.717) is 17.1 Å². The third-order valence-corrected chi connectivity index (χ3v) is 2.19. The van der Waals surface area contributed by atoms with Crippen molar-refractivity contribution in [1.82, 2.24) is 0 Å². The van der Waals surface area contributed by atoms with E-state index in [-0.39, 0.29) is 5.69 Å². The van der Waals surface area contributed by atoms with E-state index in [1.54, 1.807) is 30.3 Å². The lowest BCUT2D eigenvalue weighted by molar-refractivity contribution is 0.477. The van der Waals surface area contributed by atoms with E-state index in [1.165, 1.54) is 12.1 Å². The molecule has 4 heteroatoms. The van der Waals surface area contributed by atoms with Gasteiger partial charge in [-0.3, -0.25) is 0 Å². The van der Waals surface area contributed by atoms with Gasteiger partial charge in [-0.25, -0.2) is 4.39 Å². The topological polar surface area (TPSA) is 59.0 Å². The molecule has 0 saturated heterocycles. The number of hydrogen-bond acceptors (Lipinski definition) is 3. The molecule has 0 spiro atoms. The molecule has 0 aliphatic carbocycles. The highest BCUT2D eigenvalue weighted by atomic mass is 19.1. The van der Waals surface area contributed by atoms with Gasteiger partial charge in [0.25, 0.3) is 0 Å². The molecule has 0 aliphatic heterocycles. The number of benzene rings is 2. The Morgan fingerprint density at radius 3 is 2.29 bits per heavy atom. The van der Waals surface area contributed by atoms with Gasteiger partial charge in [0.15, 0.2) is 0 Å². The van der Waals surface area contributed by atoms with Crippen molar-refractivity contribution in [3.63, 3.8) is 0 Å². The number of rotatable bonds is 2. The summed E-state index contributed by atoms with van der Waals surface area (Å²) in [5.74, 6) is 0.380. The molecule has 0 saturated carbocycles. The molecule has 17 heavy (non-hydrogen) atoms. The number of anilines is 1. The summed E-state index contributed by atoms with van der Waals surface area (Å²) in [6, 6.07) is 12.8. The Bertz CT molecular complexity index is 573. The van der Waals surface area contributed by atoms with E-state index in [0.717, 1.165) is 0 Å². The summed E-state index contributed by atoms with van der Waals surface area (Å²) in [4.78, 5) is 0. The maximum atomic E-state index is 13.2. The normalized spacial score (nSPS) is 9.65. The minimum atomic E-state index is -0.517. The van der Waals surface area contributed by atoms with Gasteiger partial charge in [-0.05, 0) is 36.4 Å². The Morgan fingerprint density at radius 1 is 1.06 bits per heavy atom. The van der Waals surface area contributed by atoms with Crippen molar-refractivity contribution < 1.29 is 9.13 Å². The Hall–Kier alpha value is -2.54. The molecule has 0 atom stereocenters. The maximum Gasteiger partial charge on any atom is 0.149 e. The number of hydrogen-bond donors (Lipinski definition) is 1. The standard InChI is InChI=1S/C13H9FN2O/c14-12-7-11(5-6-13(12)16)17-10-3-1-9(8-15)2-4-10/h1-7H,16H2. The molecule has 2 aromatic carbocycles. The van der Waals surface area contributed by atoms with Crippen molar-refractivity contribution in [2.45, 2.75) is 0 Å². The van der Waals surface area contributed by atoms with E-state index >= 15 is 0 Å². The predicted octanol–water partition coefficient (Wildman–Crippen LogP) is 3.07. The molecule has 84 valence electrons. The average molecular weight is 228 g/mol. The summed E-state index contributed by atoms with van der Waals surface area (Å²) in [6.45, 7) is 0. The SMILES string of the molecule is N#Cc1ccc(Oc2ccc(N)c(F)c2)cc1. The third-order valence-electron chi connectivity index (χ3n) is 2.19. The van der Waals surface area contributed by atoms with Crippen LogP contribution in [0.15, 0.2) is 42.5 Å². The monoisotopic (exact) mass is 228 g/mol. The smallest absolute Gasteiger partial charge is 0.149 e. The molecule has 2 N–H and O–H groups in total. The summed E-state index contributed by atoms with van der Waals surface area (Å²) >= 11 is 0. The summed E-state index contributed by atoms with van der Waals surface area (Å²) < 4.78 is 18.6. The van der Waals surface area contributed by atoms with Crippen LogP contribution in [0.1, 0.15) is 5.56 Å². The summed E-state index contributed by atoms with van der Waals surface area (Å²) in [6.07, 6.45) is 0. The molecule has 3 nitrogen and oxygen atoms in total. The molecule has 0 unspecified atom stereocenters. The van der Waals surface area contributed by atoms with Crippen LogP contribution in [0.3, 0.4) is 0 Å². The number of nitriles is 1. The first kappa shape index (κ1) is 11.0. The quantitative estimate of drug-likeness (QED) is 0.803. The van der Waals surface area contributed by atoms with Crippen LogP contribution >= 0.6 is 0 Å². The third kappa shape index (κ3) is 2.52. The molecule has 0 aliphatic rings. The van der Waals surface area contributed by atoms with E-state index in [9.17, 15) is 4.39 Å². The second-order valence-electron chi connectivity index (χ2n) is 3.42. The molecule has 0 amide bonds. The number of nitrogens with two attached hydrogens (primary N) is 1. The van der Waals surface area contributed by atoms with E-state index in [4.69, 9.17) is 15.7 Å². The van der Waals surface area contributed by atoms with Gasteiger partial charge in [0.1, 0.15) is 17.3 Å². The number of ether oxygens (including phenoxy) is 1. The zero-order chi connectivity index (χ0) is 12.3. The van der Waals surface area contributed by atoms with Gasteiger partial charge in [0.2, 0.25) is 0 Å². The first-order valence-electron chi connectivity index (χ1n) is 4.92. The van der Waals surface area contributed by atoms with Crippen molar-refractivity contribution in [3.8, 4) is 17.6 Å². The summed E-state index contributed by atoms with van der Waals surface area (Å²) in [5.41, 5.74) is 5.98. The molecule has 0 bridgehead atoms. The average Bonchev–Trinajstić information content (AvgIpc) is 2.35. The van der Waals surface area contributed by atoms with Crippen molar-refractivity contribution in [3.05, 3.63) is 53.8 Å². The summed E-state index contributed by atoms with van der Waals surface area (Å²) in [5, 5.41) is 8.63. The number of nitrogens with zero attached hydrogens (tertiary/aromatic N) is 1. The van der Waals surface area contributed by atoms with Crippen LogP contribution in [-0.4, -0.2) is 0 Å². The Balaban J connectivity index is 2.20. The zero-order valence-corrected chi connectivity index (χ0v) is 8.85. The molecule has 2 aromatic rings.